The number of hydrogen-bond acceptors (Lipinski definition) is 3. The second-order valence-electron chi connectivity index (χ2n) is 4.35. The molecule has 0 amide bonds. The molecule has 0 aliphatic rings. The molecule has 0 saturated heterocycles. The first-order valence-corrected chi connectivity index (χ1v) is 7.70. The van der Waals surface area contributed by atoms with Crippen molar-refractivity contribution in [3.8, 4) is 0 Å². The molecule has 112 valence electrons. The highest BCUT2D eigenvalue weighted by atomic mass is 35.5. The lowest BCUT2D eigenvalue weighted by atomic mass is 10.1. The van der Waals surface area contributed by atoms with Crippen molar-refractivity contribution in [3.63, 3.8) is 0 Å². The molecule has 0 unspecified atom stereocenters. The first-order chi connectivity index (χ1) is 9.08. The van der Waals surface area contributed by atoms with Gasteiger partial charge in [0, 0.05) is 0 Å². The van der Waals surface area contributed by atoms with E-state index in [1.807, 2.05) is 4.72 Å². The molecular formula is C11H12Cl2FNO4S. The summed E-state index contributed by atoms with van der Waals surface area (Å²) in [6, 6.07) is 0.687. The van der Waals surface area contributed by atoms with Gasteiger partial charge in [-0.3, -0.25) is 4.79 Å². The van der Waals surface area contributed by atoms with E-state index in [4.69, 9.17) is 28.3 Å². The normalized spacial score (nSPS) is 13.5. The number of hydrogen-bond donors (Lipinski definition) is 2. The second kappa shape index (κ2) is 6.26. The van der Waals surface area contributed by atoms with Crippen molar-refractivity contribution in [2.75, 3.05) is 0 Å². The highest BCUT2D eigenvalue weighted by Crippen LogP contribution is 2.29. The number of carboxylic acids is 1. The van der Waals surface area contributed by atoms with Gasteiger partial charge in [0.2, 0.25) is 10.0 Å². The molecule has 0 fully saturated rings. The summed E-state index contributed by atoms with van der Waals surface area (Å²) in [5, 5.41) is 7.96. The minimum absolute atomic E-state index is 0.326. The van der Waals surface area contributed by atoms with Crippen LogP contribution in [-0.4, -0.2) is 25.5 Å². The number of carbonyl (C=O) groups is 1. The molecule has 2 N–H and O–H groups in total. The molecule has 1 aromatic carbocycles. The fourth-order valence-electron chi connectivity index (χ4n) is 1.42. The molecule has 5 nitrogen and oxygen atoms in total. The van der Waals surface area contributed by atoms with E-state index in [0.29, 0.717) is 0 Å². The molecule has 1 atom stereocenters. The van der Waals surface area contributed by atoms with Gasteiger partial charge in [0.05, 0.1) is 10.0 Å². The van der Waals surface area contributed by atoms with Crippen LogP contribution in [0.15, 0.2) is 17.0 Å². The van der Waals surface area contributed by atoms with Crippen LogP contribution in [0.4, 0.5) is 4.39 Å². The Kier molecular flexibility index (Phi) is 5.37. The largest absolute Gasteiger partial charge is 0.480 e. The van der Waals surface area contributed by atoms with E-state index in [9.17, 15) is 17.6 Å². The molecule has 0 spiro atoms. The van der Waals surface area contributed by atoms with Gasteiger partial charge in [-0.2, -0.15) is 4.72 Å². The number of benzene rings is 1. The number of sulfonamides is 1. The minimum atomic E-state index is -4.28. The molecule has 1 rings (SSSR count). The molecule has 0 aromatic heterocycles. The topological polar surface area (TPSA) is 83.5 Å². The quantitative estimate of drug-likeness (QED) is 0.804. The van der Waals surface area contributed by atoms with Crippen molar-refractivity contribution < 1.29 is 22.7 Å². The molecule has 0 saturated carbocycles. The first kappa shape index (κ1) is 17.2. The molecule has 0 heterocycles. The Bertz CT molecular complexity index is 634. The highest BCUT2D eigenvalue weighted by molar-refractivity contribution is 7.89. The third-order valence-electron chi connectivity index (χ3n) is 2.50. The maximum absolute atomic E-state index is 13.5. The number of halogens is 3. The Morgan fingerprint density at radius 2 is 1.90 bits per heavy atom. The van der Waals surface area contributed by atoms with E-state index in [2.05, 4.69) is 0 Å². The van der Waals surface area contributed by atoms with Gasteiger partial charge in [0.1, 0.15) is 10.9 Å². The summed E-state index contributed by atoms with van der Waals surface area (Å²) in [6.45, 7) is 3.07. The summed E-state index contributed by atoms with van der Waals surface area (Å²) >= 11 is 11.1. The lowest BCUT2D eigenvalue weighted by molar-refractivity contribution is -0.140. The molecule has 0 bridgehead atoms. The third-order valence-corrected chi connectivity index (χ3v) is 4.76. The summed E-state index contributed by atoms with van der Waals surface area (Å²) in [4.78, 5) is 10.4. The molecular weight excluding hydrogens is 332 g/mol. The predicted octanol–water partition coefficient (Wildman–Crippen LogP) is 2.52. The average molecular weight is 344 g/mol. The Morgan fingerprint density at radius 1 is 1.35 bits per heavy atom. The Morgan fingerprint density at radius 3 is 2.35 bits per heavy atom. The van der Waals surface area contributed by atoms with Gasteiger partial charge >= 0.3 is 5.97 Å². The minimum Gasteiger partial charge on any atom is -0.480 e. The van der Waals surface area contributed by atoms with E-state index in [1.54, 1.807) is 0 Å². The SMILES string of the molecule is CC(C)[C@@H](NS(=O)(=O)c1ccc(Cl)c(F)c1Cl)C(=O)O. The van der Waals surface area contributed by atoms with Gasteiger partial charge in [0.25, 0.3) is 0 Å². The van der Waals surface area contributed by atoms with E-state index in [1.165, 1.54) is 13.8 Å². The van der Waals surface area contributed by atoms with Crippen molar-refractivity contribution in [2.24, 2.45) is 5.92 Å². The average Bonchev–Trinajstić information content (AvgIpc) is 2.32. The van der Waals surface area contributed by atoms with E-state index < -0.39 is 43.7 Å². The Balaban J connectivity index is 3.25. The third kappa shape index (κ3) is 3.60. The second-order valence-corrected chi connectivity index (χ2v) is 6.82. The van der Waals surface area contributed by atoms with Crippen LogP contribution in [0.5, 0.6) is 0 Å². The lowest BCUT2D eigenvalue weighted by Crippen LogP contribution is -2.44. The summed E-state index contributed by atoms with van der Waals surface area (Å²) < 4.78 is 39.6. The van der Waals surface area contributed by atoms with Crippen LogP contribution in [0, 0.1) is 11.7 Å². The summed E-state index contributed by atoms with van der Waals surface area (Å²) in [7, 11) is -4.28. The van der Waals surface area contributed by atoms with Gasteiger partial charge in [0.15, 0.2) is 5.82 Å². The Labute approximate surface area is 125 Å². The van der Waals surface area contributed by atoms with Gasteiger partial charge in [-0.1, -0.05) is 37.0 Å². The lowest BCUT2D eigenvalue weighted by Gasteiger charge is -2.18. The summed E-state index contributed by atoms with van der Waals surface area (Å²) in [5.41, 5.74) is 0. The number of aliphatic carboxylic acids is 1. The number of nitrogens with one attached hydrogen (secondary N) is 1. The molecule has 0 aliphatic heterocycles. The highest BCUT2D eigenvalue weighted by Gasteiger charge is 2.30. The van der Waals surface area contributed by atoms with Gasteiger partial charge in [-0.05, 0) is 18.1 Å². The smallest absolute Gasteiger partial charge is 0.322 e. The van der Waals surface area contributed by atoms with Crippen molar-refractivity contribution in [2.45, 2.75) is 24.8 Å². The molecule has 0 radical (unpaired) electrons. The molecule has 1 aromatic rings. The van der Waals surface area contributed by atoms with Crippen molar-refractivity contribution >= 4 is 39.2 Å². The van der Waals surface area contributed by atoms with Crippen LogP contribution in [-0.2, 0) is 14.8 Å². The fourth-order valence-corrected chi connectivity index (χ4v) is 3.50. The zero-order valence-electron chi connectivity index (χ0n) is 10.5. The zero-order valence-corrected chi connectivity index (χ0v) is 12.9. The van der Waals surface area contributed by atoms with Crippen LogP contribution in [0.3, 0.4) is 0 Å². The summed E-state index contributed by atoms with van der Waals surface area (Å²) in [5.74, 6) is -2.92. The van der Waals surface area contributed by atoms with Gasteiger partial charge in [-0.15, -0.1) is 0 Å². The zero-order chi connectivity index (χ0) is 15.7. The molecule has 9 heteroatoms. The van der Waals surface area contributed by atoms with Gasteiger partial charge in [-0.25, -0.2) is 12.8 Å². The Hall–Kier alpha value is -0.890. The van der Waals surface area contributed by atoms with Crippen LogP contribution in [0.2, 0.25) is 10.0 Å². The maximum atomic E-state index is 13.5. The van der Waals surface area contributed by atoms with Crippen molar-refractivity contribution in [1.82, 2.24) is 4.72 Å². The monoisotopic (exact) mass is 343 g/mol. The van der Waals surface area contributed by atoms with Crippen LogP contribution < -0.4 is 4.72 Å². The van der Waals surface area contributed by atoms with E-state index >= 15 is 0 Å². The predicted molar refractivity (Wildman–Crippen MR) is 73.0 cm³/mol. The fraction of sp³-hybridized carbons (Fsp3) is 0.364. The van der Waals surface area contributed by atoms with Gasteiger partial charge < -0.3 is 5.11 Å². The van der Waals surface area contributed by atoms with Crippen LogP contribution >= 0.6 is 23.2 Å². The van der Waals surface area contributed by atoms with Crippen molar-refractivity contribution in [1.29, 1.82) is 0 Å². The van der Waals surface area contributed by atoms with Crippen LogP contribution in [0.25, 0.3) is 0 Å². The molecule has 0 aliphatic carbocycles. The van der Waals surface area contributed by atoms with Crippen molar-refractivity contribution in [3.05, 3.63) is 28.0 Å². The van der Waals surface area contributed by atoms with E-state index in [0.717, 1.165) is 12.1 Å². The first-order valence-electron chi connectivity index (χ1n) is 5.46. The standard InChI is InChI=1S/C11H12Cl2FNO4S/c1-5(2)10(11(16)17)15-20(18,19)7-4-3-6(12)9(14)8(7)13/h3-5,10,15H,1-2H3,(H,16,17)/t10-/m1/s1. The summed E-state index contributed by atoms with van der Waals surface area (Å²) in [6.07, 6.45) is 0. The maximum Gasteiger partial charge on any atom is 0.322 e. The van der Waals surface area contributed by atoms with E-state index in [-0.39, 0.29) is 5.02 Å². The number of rotatable bonds is 5. The number of carboxylic acid groups (broad SMARTS) is 1. The molecule has 20 heavy (non-hydrogen) atoms. The van der Waals surface area contributed by atoms with Crippen LogP contribution in [0.1, 0.15) is 13.8 Å².